The van der Waals surface area contributed by atoms with Crippen LogP contribution in [0.5, 0.6) is 0 Å². The van der Waals surface area contributed by atoms with Gasteiger partial charge < -0.3 is 14.2 Å². The van der Waals surface area contributed by atoms with Crippen LogP contribution in [-0.2, 0) is 4.79 Å². The number of fused-ring (bicyclic) bond motifs is 1. The number of rotatable bonds is 14. The van der Waals surface area contributed by atoms with E-state index in [1.165, 1.54) is 50.5 Å². The van der Waals surface area contributed by atoms with Crippen molar-refractivity contribution in [1.29, 1.82) is 0 Å². The van der Waals surface area contributed by atoms with Crippen LogP contribution < -0.4 is 0 Å². The average molecular weight is 512 g/mol. The summed E-state index contributed by atoms with van der Waals surface area (Å²) in [6, 6.07) is 3.55. The smallest absolute Gasteiger partial charge is 0.289 e. The number of hydrogen-bond donors (Lipinski definition) is 0. The third kappa shape index (κ3) is 7.07. The Balaban J connectivity index is 1.21. The highest BCUT2D eigenvalue weighted by atomic mass is 16.3. The number of allylic oxidation sites excluding steroid dienone is 1. The van der Waals surface area contributed by atoms with E-state index in [9.17, 15) is 9.59 Å². The van der Waals surface area contributed by atoms with Crippen LogP contribution in [0.2, 0.25) is 0 Å². The van der Waals surface area contributed by atoms with Gasteiger partial charge in [-0.1, -0.05) is 70.9 Å². The van der Waals surface area contributed by atoms with Crippen LogP contribution in [0, 0.1) is 17.3 Å². The Bertz CT molecular complexity index is 899. The van der Waals surface area contributed by atoms with E-state index in [0.717, 1.165) is 51.5 Å². The molecule has 2 fully saturated rings. The molecule has 4 aliphatic rings. The first-order chi connectivity index (χ1) is 17.9. The summed E-state index contributed by atoms with van der Waals surface area (Å²) in [6.45, 7) is 12.6. The number of carbonyl (C=O) groups excluding carboxylic acids is 2. The molecule has 6 nitrogen and oxygen atoms in total. The van der Waals surface area contributed by atoms with Crippen LogP contribution in [0.1, 0.15) is 95.5 Å². The first kappa shape index (κ1) is 27.9. The monoisotopic (exact) mass is 511 g/mol. The summed E-state index contributed by atoms with van der Waals surface area (Å²) in [4.78, 5) is 32.4. The minimum Gasteiger partial charge on any atom is -0.459 e. The van der Waals surface area contributed by atoms with E-state index in [4.69, 9.17) is 4.42 Å². The van der Waals surface area contributed by atoms with Crippen molar-refractivity contribution in [2.24, 2.45) is 17.3 Å². The zero-order chi connectivity index (χ0) is 26.3. The second-order valence-corrected chi connectivity index (χ2v) is 12.1. The first-order valence-corrected chi connectivity index (χ1v) is 14.9. The molecule has 5 rings (SSSR count). The fraction of sp³-hybridized carbons (Fsp3) is 0.742. The molecule has 1 aromatic rings. The van der Waals surface area contributed by atoms with Gasteiger partial charge in [-0.25, -0.2) is 0 Å². The molecule has 1 aliphatic heterocycles. The summed E-state index contributed by atoms with van der Waals surface area (Å²) in [7, 11) is 0. The lowest BCUT2D eigenvalue weighted by atomic mass is 9.49. The number of nitrogens with zero attached hydrogens (tertiary/aromatic N) is 3. The molecule has 2 bridgehead atoms. The molecule has 0 spiro atoms. The van der Waals surface area contributed by atoms with E-state index in [1.54, 1.807) is 18.4 Å². The number of piperazine rings is 1. The number of furan rings is 1. The third-order valence-electron chi connectivity index (χ3n) is 9.38. The van der Waals surface area contributed by atoms with Gasteiger partial charge in [0.25, 0.3) is 5.91 Å². The zero-order valence-electron chi connectivity index (χ0n) is 23.6. The molecule has 1 saturated heterocycles. The van der Waals surface area contributed by atoms with E-state index in [-0.39, 0.29) is 5.91 Å². The van der Waals surface area contributed by atoms with Gasteiger partial charge in [-0.05, 0) is 48.6 Å². The molecule has 1 aromatic heterocycles. The van der Waals surface area contributed by atoms with Crippen molar-refractivity contribution < 1.29 is 14.0 Å². The summed E-state index contributed by atoms with van der Waals surface area (Å²) in [5.41, 5.74) is 1.77. The normalized spacial score (nSPS) is 22.9. The van der Waals surface area contributed by atoms with Crippen LogP contribution in [0.4, 0.5) is 0 Å². The Morgan fingerprint density at radius 3 is 2.43 bits per heavy atom. The first-order valence-electron chi connectivity index (χ1n) is 14.9. The lowest BCUT2D eigenvalue weighted by Crippen LogP contribution is -2.52. The van der Waals surface area contributed by atoms with Gasteiger partial charge in [0.2, 0.25) is 5.91 Å². The molecule has 206 valence electrons. The lowest BCUT2D eigenvalue weighted by Gasteiger charge is -2.57. The van der Waals surface area contributed by atoms with Crippen molar-refractivity contribution >= 4 is 11.8 Å². The van der Waals surface area contributed by atoms with Gasteiger partial charge in [-0.15, -0.1) is 0 Å². The van der Waals surface area contributed by atoms with Crippen LogP contribution in [0.3, 0.4) is 0 Å². The summed E-state index contributed by atoms with van der Waals surface area (Å²) < 4.78 is 5.47. The minimum atomic E-state index is -0.0198. The van der Waals surface area contributed by atoms with Crippen molar-refractivity contribution in [3.63, 3.8) is 0 Å². The van der Waals surface area contributed by atoms with Crippen molar-refractivity contribution in [1.82, 2.24) is 14.7 Å². The molecule has 6 heteroatoms. The van der Waals surface area contributed by atoms with E-state index < -0.39 is 0 Å². The summed E-state index contributed by atoms with van der Waals surface area (Å²) >= 11 is 0. The standard InChI is InChI=1S/C31H49N3O3/c1-4-5-6-7-8-9-10-13-29(35)33-19-16-32(17-20-33)18-21-34(30(36)28-12-11-22-37-28)24-25-14-15-26-23-27(25)31(26,2)3/h11-12,14,22,26-27H,4-10,13,15-21,23-24H2,1-3H3. The molecule has 0 N–H and O–H groups in total. The molecule has 0 aromatic carbocycles. The number of hydrogen-bond acceptors (Lipinski definition) is 4. The predicted octanol–water partition coefficient (Wildman–Crippen LogP) is 6.00. The Labute approximate surface area is 224 Å². The summed E-state index contributed by atoms with van der Waals surface area (Å²) in [6.07, 6.45) is 15.7. The maximum atomic E-state index is 13.3. The highest BCUT2D eigenvalue weighted by molar-refractivity contribution is 5.91. The Morgan fingerprint density at radius 2 is 1.78 bits per heavy atom. The predicted molar refractivity (Wildman–Crippen MR) is 148 cm³/mol. The van der Waals surface area contributed by atoms with Gasteiger partial charge in [-0.3, -0.25) is 14.5 Å². The summed E-state index contributed by atoms with van der Waals surface area (Å²) in [5, 5.41) is 0. The SMILES string of the molecule is CCCCCCCCCC(=O)N1CCN(CCN(CC2=CCC3CC2C3(C)C)C(=O)c2ccco2)CC1. The summed E-state index contributed by atoms with van der Waals surface area (Å²) in [5.74, 6) is 2.09. The lowest BCUT2D eigenvalue weighted by molar-refractivity contribution is -0.133. The van der Waals surface area contributed by atoms with Crippen molar-refractivity contribution in [3.8, 4) is 0 Å². The Kier molecular flexibility index (Phi) is 9.91. The van der Waals surface area contributed by atoms with E-state index in [0.29, 0.717) is 42.5 Å². The number of amides is 2. The van der Waals surface area contributed by atoms with Crippen LogP contribution in [0.25, 0.3) is 0 Å². The molecular formula is C31H49N3O3. The third-order valence-corrected chi connectivity index (χ3v) is 9.38. The fourth-order valence-electron chi connectivity index (χ4n) is 6.56. The topological polar surface area (TPSA) is 57.0 Å². The van der Waals surface area contributed by atoms with E-state index >= 15 is 0 Å². The van der Waals surface area contributed by atoms with Crippen LogP contribution in [0.15, 0.2) is 34.5 Å². The molecule has 2 atom stereocenters. The average Bonchev–Trinajstić information content (AvgIpc) is 3.45. The number of unbranched alkanes of at least 4 members (excludes halogenated alkanes) is 6. The minimum absolute atomic E-state index is 0.0198. The molecule has 2 heterocycles. The highest BCUT2D eigenvalue weighted by Crippen LogP contribution is 2.59. The molecule has 0 radical (unpaired) electrons. The molecule has 37 heavy (non-hydrogen) atoms. The zero-order valence-corrected chi connectivity index (χ0v) is 23.6. The molecule has 2 unspecified atom stereocenters. The quantitative estimate of drug-likeness (QED) is 0.227. The molecule has 1 saturated carbocycles. The maximum absolute atomic E-state index is 13.3. The second-order valence-electron chi connectivity index (χ2n) is 12.1. The Hall–Kier alpha value is -2.08. The van der Waals surface area contributed by atoms with E-state index in [1.807, 2.05) is 9.80 Å². The van der Waals surface area contributed by atoms with Crippen molar-refractivity contribution in [2.45, 2.75) is 85.0 Å². The molecular weight excluding hydrogens is 462 g/mol. The maximum Gasteiger partial charge on any atom is 0.289 e. The highest BCUT2D eigenvalue weighted by Gasteiger charge is 2.51. The van der Waals surface area contributed by atoms with Crippen LogP contribution >= 0.6 is 0 Å². The van der Waals surface area contributed by atoms with Gasteiger partial charge >= 0.3 is 0 Å². The number of carbonyl (C=O) groups is 2. The van der Waals surface area contributed by atoms with Gasteiger partial charge in [0.15, 0.2) is 5.76 Å². The fourth-order valence-corrected chi connectivity index (χ4v) is 6.56. The van der Waals surface area contributed by atoms with Crippen LogP contribution in [-0.4, -0.2) is 72.3 Å². The van der Waals surface area contributed by atoms with Gasteiger partial charge in [0.1, 0.15) is 0 Å². The Morgan fingerprint density at radius 1 is 1.05 bits per heavy atom. The van der Waals surface area contributed by atoms with Gasteiger partial charge in [0.05, 0.1) is 6.26 Å². The molecule has 3 aliphatic carbocycles. The van der Waals surface area contributed by atoms with Gasteiger partial charge in [-0.2, -0.15) is 0 Å². The van der Waals surface area contributed by atoms with Crippen molar-refractivity contribution in [2.75, 3.05) is 45.8 Å². The second kappa shape index (κ2) is 13.1. The largest absolute Gasteiger partial charge is 0.459 e. The molecule has 2 amide bonds. The van der Waals surface area contributed by atoms with E-state index in [2.05, 4.69) is 31.7 Å². The van der Waals surface area contributed by atoms with Crippen molar-refractivity contribution in [3.05, 3.63) is 35.8 Å². The van der Waals surface area contributed by atoms with Gasteiger partial charge in [0, 0.05) is 52.2 Å².